The second-order valence-electron chi connectivity index (χ2n) is 4.95. The lowest BCUT2D eigenvalue weighted by molar-refractivity contribution is -0.141. The standard InChI is InChI=1S/C14H17NO4/c1-8-4-3-5-11(9(8)2)13(17)15-7-10(16)6-12(15)14(18)19/h3-5,10,12,16H,6-7H2,1-2H3,(H,18,19)/t10-,12-/m1/s1. The summed E-state index contributed by atoms with van der Waals surface area (Å²) in [7, 11) is 0. The maximum Gasteiger partial charge on any atom is 0.326 e. The number of benzene rings is 1. The number of aliphatic hydroxyl groups is 1. The van der Waals surface area contributed by atoms with Crippen LogP contribution in [0.5, 0.6) is 0 Å². The van der Waals surface area contributed by atoms with Gasteiger partial charge >= 0.3 is 5.97 Å². The number of carboxylic acid groups (broad SMARTS) is 1. The summed E-state index contributed by atoms with van der Waals surface area (Å²) < 4.78 is 0. The van der Waals surface area contributed by atoms with Crippen molar-refractivity contribution in [1.82, 2.24) is 4.90 Å². The Kier molecular flexibility index (Phi) is 3.57. The molecule has 19 heavy (non-hydrogen) atoms. The van der Waals surface area contributed by atoms with Crippen molar-refractivity contribution in [2.24, 2.45) is 0 Å². The van der Waals surface area contributed by atoms with Gasteiger partial charge in [-0.15, -0.1) is 0 Å². The van der Waals surface area contributed by atoms with Crippen LogP contribution in [0, 0.1) is 13.8 Å². The Morgan fingerprint density at radius 2 is 2.00 bits per heavy atom. The third-order valence-corrected chi connectivity index (χ3v) is 3.66. The van der Waals surface area contributed by atoms with Crippen LogP contribution in [-0.4, -0.2) is 45.7 Å². The normalized spacial score (nSPS) is 22.6. The van der Waals surface area contributed by atoms with E-state index in [4.69, 9.17) is 5.11 Å². The van der Waals surface area contributed by atoms with Crippen LogP contribution in [0.15, 0.2) is 18.2 Å². The van der Waals surface area contributed by atoms with Crippen molar-refractivity contribution >= 4 is 11.9 Å². The fraction of sp³-hybridized carbons (Fsp3) is 0.429. The van der Waals surface area contributed by atoms with Gasteiger partial charge in [0, 0.05) is 18.5 Å². The molecule has 2 rings (SSSR count). The minimum atomic E-state index is -1.07. The predicted octanol–water partition coefficient (Wildman–Crippen LogP) is 0.963. The van der Waals surface area contributed by atoms with E-state index in [9.17, 15) is 14.7 Å². The van der Waals surface area contributed by atoms with Crippen molar-refractivity contribution in [1.29, 1.82) is 0 Å². The Balaban J connectivity index is 2.33. The number of likely N-dealkylation sites (tertiary alicyclic amines) is 1. The summed E-state index contributed by atoms with van der Waals surface area (Å²) in [6, 6.07) is 4.42. The van der Waals surface area contributed by atoms with E-state index in [1.165, 1.54) is 4.90 Å². The molecule has 0 spiro atoms. The molecular weight excluding hydrogens is 246 g/mol. The molecule has 1 aromatic rings. The first-order chi connectivity index (χ1) is 8.91. The summed E-state index contributed by atoms with van der Waals surface area (Å²) in [6.07, 6.45) is -0.679. The molecule has 0 unspecified atom stereocenters. The van der Waals surface area contributed by atoms with Gasteiger partial charge in [0.05, 0.1) is 6.10 Å². The maximum atomic E-state index is 12.4. The molecule has 0 bridgehead atoms. The van der Waals surface area contributed by atoms with E-state index in [0.29, 0.717) is 5.56 Å². The first-order valence-corrected chi connectivity index (χ1v) is 6.20. The Labute approximate surface area is 111 Å². The van der Waals surface area contributed by atoms with Crippen LogP contribution in [-0.2, 0) is 4.79 Å². The number of carboxylic acids is 1. The SMILES string of the molecule is Cc1cccc(C(=O)N2C[C@H](O)C[C@@H]2C(=O)O)c1C. The molecule has 1 heterocycles. The van der Waals surface area contributed by atoms with Gasteiger partial charge in [0.2, 0.25) is 0 Å². The third-order valence-electron chi connectivity index (χ3n) is 3.66. The number of carbonyl (C=O) groups is 2. The monoisotopic (exact) mass is 263 g/mol. The number of hydrogen-bond acceptors (Lipinski definition) is 3. The van der Waals surface area contributed by atoms with Crippen molar-refractivity contribution < 1.29 is 19.8 Å². The second-order valence-corrected chi connectivity index (χ2v) is 4.95. The second kappa shape index (κ2) is 5.01. The maximum absolute atomic E-state index is 12.4. The van der Waals surface area contributed by atoms with E-state index in [2.05, 4.69) is 0 Å². The van der Waals surface area contributed by atoms with Crippen LogP contribution >= 0.6 is 0 Å². The van der Waals surface area contributed by atoms with Crippen molar-refractivity contribution in [3.63, 3.8) is 0 Å². The van der Waals surface area contributed by atoms with Crippen molar-refractivity contribution in [3.05, 3.63) is 34.9 Å². The number of nitrogens with zero attached hydrogens (tertiary/aromatic N) is 1. The highest BCUT2D eigenvalue weighted by molar-refractivity contribution is 5.98. The number of aliphatic carboxylic acids is 1. The molecule has 0 saturated carbocycles. The molecule has 1 aliphatic heterocycles. The summed E-state index contributed by atoms with van der Waals surface area (Å²) >= 11 is 0. The minimum absolute atomic E-state index is 0.0726. The molecule has 102 valence electrons. The summed E-state index contributed by atoms with van der Waals surface area (Å²) in [4.78, 5) is 24.8. The predicted molar refractivity (Wildman–Crippen MR) is 69.0 cm³/mol. The summed E-state index contributed by atoms with van der Waals surface area (Å²) in [5, 5.41) is 18.7. The van der Waals surface area contributed by atoms with E-state index in [-0.39, 0.29) is 18.9 Å². The summed E-state index contributed by atoms with van der Waals surface area (Å²) in [6.45, 7) is 3.81. The molecule has 1 amide bonds. The van der Waals surface area contributed by atoms with Crippen LogP contribution in [0.2, 0.25) is 0 Å². The molecular formula is C14H17NO4. The van der Waals surface area contributed by atoms with E-state index in [1.807, 2.05) is 19.9 Å². The van der Waals surface area contributed by atoms with Crippen LogP contribution in [0.1, 0.15) is 27.9 Å². The van der Waals surface area contributed by atoms with E-state index in [1.54, 1.807) is 12.1 Å². The highest BCUT2D eigenvalue weighted by Gasteiger charge is 2.39. The molecule has 1 saturated heterocycles. The van der Waals surface area contributed by atoms with Gasteiger partial charge in [-0.3, -0.25) is 4.79 Å². The first-order valence-electron chi connectivity index (χ1n) is 6.20. The number of carbonyl (C=O) groups excluding carboxylic acids is 1. The molecule has 0 radical (unpaired) electrons. The van der Waals surface area contributed by atoms with Crippen LogP contribution in [0.3, 0.4) is 0 Å². The lowest BCUT2D eigenvalue weighted by Crippen LogP contribution is -2.40. The van der Waals surface area contributed by atoms with Gasteiger partial charge in [-0.2, -0.15) is 0 Å². The Hall–Kier alpha value is -1.88. The Morgan fingerprint density at radius 3 is 2.63 bits per heavy atom. The van der Waals surface area contributed by atoms with Gasteiger partial charge in [-0.05, 0) is 31.0 Å². The van der Waals surface area contributed by atoms with Crippen LogP contribution in [0.25, 0.3) is 0 Å². The molecule has 1 aromatic carbocycles. The third kappa shape index (κ3) is 2.46. The highest BCUT2D eigenvalue weighted by atomic mass is 16.4. The molecule has 1 aliphatic rings. The van der Waals surface area contributed by atoms with Crippen molar-refractivity contribution in [3.8, 4) is 0 Å². The Bertz CT molecular complexity index is 526. The van der Waals surface area contributed by atoms with E-state index < -0.39 is 18.1 Å². The van der Waals surface area contributed by atoms with Gasteiger partial charge < -0.3 is 15.1 Å². The largest absolute Gasteiger partial charge is 0.480 e. The zero-order valence-electron chi connectivity index (χ0n) is 11.0. The number of hydrogen-bond donors (Lipinski definition) is 2. The molecule has 0 aromatic heterocycles. The van der Waals surface area contributed by atoms with Crippen molar-refractivity contribution in [2.45, 2.75) is 32.4 Å². The molecule has 0 aliphatic carbocycles. The number of aryl methyl sites for hydroxylation is 1. The number of amides is 1. The van der Waals surface area contributed by atoms with E-state index >= 15 is 0 Å². The number of β-amino-alcohol motifs (C(OH)–C–C–N with tert-alkyl or cyclic N) is 1. The molecule has 2 N–H and O–H groups in total. The van der Waals surface area contributed by atoms with Gasteiger partial charge in [-0.1, -0.05) is 12.1 Å². The molecule has 2 atom stereocenters. The lowest BCUT2D eigenvalue weighted by Gasteiger charge is -2.22. The fourth-order valence-corrected chi connectivity index (χ4v) is 2.41. The average molecular weight is 263 g/mol. The number of rotatable bonds is 2. The highest BCUT2D eigenvalue weighted by Crippen LogP contribution is 2.23. The average Bonchev–Trinajstić information content (AvgIpc) is 2.74. The topological polar surface area (TPSA) is 77.8 Å². The molecule has 5 heteroatoms. The van der Waals surface area contributed by atoms with Crippen molar-refractivity contribution in [2.75, 3.05) is 6.54 Å². The minimum Gasteiger partial charge on any atom is -0.480 e. The van der Waals surface area contributed by atoms with Gasteiger partial charge in [0.25, 0.3) is 5.91 Å². The van der Waals surface area contributed by atoms with Gasteiger partial charge in [-0.25, -0.2) is 4.79 Å². The molecule has 5 nitrogen and oxygen atoms in total. The van der Waals surface area contributed by atoms with E-state index in [0.717, 1.165) is 11.1 Å². The van der Waals surface area contributed by atoms with Crippen LogP contribution in [0.4, 0.5) is 0 Å². The summed E-state index contributed by atoms with van der Waals surface area (Å²) in [5.41, 5.74) is 2.33. The smallest absolute Gasteiger partial charge is 0.326 e. The van der Waals surface area contributed by atoms with Crippen LogP contribution < -0.4 is 0 Å². The Morgan fingerprint density at radius 1 is 1.32 bits per heavy atom. The zero-order chi connectivity index (χ0) is 14.2. The van der Waals surface area contributed by atoms with Gasteiger partial charge in [0.1, 0.15) is 6.04 Å². The zero-order valence-corrected chi connectivity index (χ0v) is 11.0. The van der Waals surface area contributed by atoms with Gasteiger partial charge in [0.15, 0.2) is 0 Å². The molecule has 1 fully saturated rings. The summed E-state index contributed by atoms with van der Waals surface area (Å²) in [5.74, 6) is -1.40. The first kappa shape index (κ1) is 13.5. The number of aliphatic hydroxyl groups excluding tert-OH is 1. The quantitative estimate of drug-likeness (QED) is 0.833. The lowest BCUT2D eigenvalue weighted by atomic mass is 10.0. The fourth-order valence-electron chi connectivity index (χ4n) is 2.41.